The summed E-state index contributed by atoms with van der Waals surface area (Å²) in [6.45, 7) is 1.86. The summed E-state index contributed by atoms with van der Waals surface area (Å²) in [6, 6.07) is 9.41. The average molecular weight is 376 g/mol. The summed E-state index contributed by atoms with van der Waals surface area (Å²) in [4.78, 5) is 14.2. The minimum atomic E-state index is -0.585. The van der Waals surface area contributed by atoms with Crippen molar-refractivity contribution in [3.05, 3.63) is 48.8 Å². The lowest BCUT2D eigenvalue weighted by molar-refractivity contribution is 1.21. The molecule has 0 unspecified atom stereocenters. The maximum atomic E-state index is 11.9. The highest BCUT2D eigenvalue weighted by atomic mass is 127. The number of aromatic nitrogens is 1. The molecule has 0 bridgehead atoms. The van der Waals surface area contributed by atoms with Crippen LogP contribution in [0.4, 0.5) is 5.82 Å². The smallest absolute Gasteiger partial charge is 0.268 e. The number of pyridine rings is 1. The molecule has 1 heterocycles. The monoisotopic (exact) mass is 376 g/mol. The van der Waals surface area contributed by atoms with Crippen molar-refractivity contribution < 1.29 is 0 Å². The summed E-state index contributed by atoms with van der Waals surface area (Å²) in [5.41, 5.74) is 7.01. The van der Waals surface area contributed by atoms with Crippen LogP contribution in [0.5, 0.6) is 0 Å². The molecule has 3 N–H and O–H groups in total. The zero-order valence-electron chi connectivity index (χ0n) is 10.5. The van der Waals surface area contributed by atoms with Crippen molar-refractivity contribution in [2.24, 2.45) is 0 Å². The van der Waals surface area contributed by atoms with Crippen molar-refractivity contribution in [1.29, 1.82) is 10.5 Å². The van der Waals surface area contributed by atoms with Crippen molar-refractivity contribution in [2.75, 3.05) is 5.73 Å². The maximum absolute atomic E-state index is 11.9. The molecular weight excluding hydrogens is 367 g/mol. The molecule has 0 amide bonds. The Kier molecular flexibility index (Phi) is 3.77. The van der Waals surface area contributed by atoms with E-state index < -0.39 is 5.56 Å². The molecule has 0 spiro atoms. The van der Waals surface area contributed by atoms with E-state index in [1.165, 1.54) is 0 Å². The molecule has 20 heavy (non-hydrogen) atoms. The van der Waals surface area contributed by atoms with Crippen LogP contribution < -0.4 is 11.3 Å². The van der Waals surface area contributed by atoms with Crippen molar-refractivity contribution in [2.45, 2.75) is 6.92 Å². The molecule has 98 valence electrons. The number of aromatic amines is 1. The number of hydrogen-bond donors (Lipinski definition) is 2. The van der Waals surface area contributed by atoms with E-state index in [0.29, 0.717) is 11.1 Å². The number of nitrogens with zero attached hydrogens (tertiary/aromatic N) is 2. The lowest BCUT2D eigenvalue weighted by Gasteiger charge is -2.13. The van der Waals surface area contributed by atoms with Gasteiger partial charge in [-0.2, -0.15) is 10.5 Å². The van der Waals surface area contributed by atoms with Gasteiger partial charge in [0.25, 0.3) is 5.56 Å². The molecule has 1 aromatic carbocycles. The summed E-state index contributed by atoms with van der Waals surface area (Å²) in [5, 5.41) is 18.5. The number of anilines is 1. The van der Waals surface area contributed by atoms with Crippen LogP contribution >= 0.6 is 22.6 Å². The predicted octanol–water partition coefficient (Wildman–Crippen LogP) is 2.28. The van der Waals surface area contributed by atoms with E-state index >= 15 is 0 Å². The number of benzene rings is 1. The molecule has 0 aliphatic carbocycles. The third kappa shape index (κ3) is 2.15. The first-order valence-electron chi connectivity index (χ1n) is 5.62. The van der Waals surface area contributed by atoms with E-state index in [-0.39, 0.29) is 16.9 Å². The highest BCUT2D eigenvalue weighted by Crippen LogP contribution is 2.33. The molecule has 2 aromatic rings. The van der Waals surface area contributed by atoms with Crippen LogP contribution in [0.2, 0.25) is 0 Å². The van der Waals surface area contributed by atoms with Gasteiger partial charge in [-0.15, -0.1) is 0 Å². The SMILES string of the molecule is Cc1cccc(I)c1-c1c(C#N)c(N)[nH]c(=O)c1C#N. The fraction of sp³-hybridized carbons (Fsp3) is 0.0714. The molecule has 6 heteroatoms. The van der Waals surface area contributed by atoms with Gasteiger partial charge in [0.05, 0.1) is 0 Å². The van der Waals surface area contributed by atoms with Crippen molar-refractivity contribution >= 4 is 28.4 Å². The molecule has 0 saturated carbocycles. The number of nitrogens with one attached hydrogen (secondary N) is 1. The van der Waals surface area contributed by atoms with E-state index in [1.54, 1.807) is 0 Å². The lowest BCUT2D eigenvalue weighted by atomic mass is 9.93. The fourth-order valence-corrected chi connectivity index (χ4v) is 2.94. The summed E-state index contributed by atoms with van der Waals surface area (Å²) >= 11 is 2.11. The van der Waals surface area contributed by atoms with Crippen molar-refractivity contribution in [1.82, 2.24) is 4.98 Å². The summed E-state index contributed by atoms with van der Waals surface area (Å²) < 4.78 is 0.848. The minimum Gasteiger partial charge on any atom is -0.384 e. The normalized spacial score (nSPS) is 9.80. The Balaban J connectivity index is 3.05. The van der Waals surface area contributed by atoms with Crippen molar-refractivity contribution in [3.63, 3.8) is 0 Å². The Labute approximate surface area is 128 Å². The van der Waals surface area contributed by atoms with Crippen molar-refractivity contribution in [3.8, 4) is 23.3 Å². The van der Waals surface area contributed by atoms with Gasteiger partial charge in [0.1, 0.15) is 29.1 Å². The zero-order chi connectivity index (χ0) is 14.9. The second-order valence-corrected chi connectivity index (χ2v) is 5.31. The zero-order valence-corrected chi connectivity index (χ0v) is 12.6. The number of nitrogen functional groups attached to an aromatic ring is 1. The Morgan fingerprint density at radius 3 is 2.40 bits per heavy atom. The van der Waals surface area contributed by atoms with Gasteiger partial charge >= 0.3 is 0 Å². The fourth-order valence-electron chi connectivity index (χ4n) is 2.04. The Morgan fingerprint density at radius 2 is 1.85 bits per heavy atom. The molecular formula is C14H9IN4O. The summed E-state index contributed by atoms with van der Waals surface area (Å²) in [5.74, 6) is -0.0226. The van der Waals surface area contributed by atoms with E-state index in [0.717, 1.165) is 9.13 Å². The molecule has 0 fully saturated rings. The first-order valence-corrected chi connectivity index (χ1v) is 6.70. The van der Waals surface area contributed by atoms with Crippen LogP contribution in [-0.4, -0.2) is 4.98 Å². The van der Waals surface area contributed by atoms with Crippen LogP contribution in [0.3, 0.4) is 0 Å². The highest BCUT2D eigenvalue weighted by molar-refractivity contribution is 14.1. The number of halogens is 1. The molecule has 1 aromatic heterocycles. The van der Waals surface area contributed by atoms with Gasteiger partial charge in [0, 0.05) is 14.7 Å². The Bertz CT molecular complexity index is 820. The van der Waals surface area contributed by atoms with E-state index in [1.807, 2.05) is 37.3 Å². The number of rotatable bonds is 1. The molecule has 0 aliphatic heterocycles. The van der Waals surface area contributed by atoms with Gasteiger partial charge in [-0.25, -0.2) is 0 Å². The number of nitrogens with two attached hydrogens (primary N) is 1. The Hall–Kier alpha value is -2.32. The maximum Gasteiger partial charge on any atom is 0.268 e. The Morgan fingerprint density at radius 1 is 1.20 bits per heavy atom. The second kappa shape index (κ2) is 5.35. The molecule has 2 rings (SSSR count). The standard InChI is InChI=1S/C14H9IN4O/c1-7-3-2-4-10(15)11(7)12-8(5-16)13(18)19-14(20)9(12)6-17/h2-4H,1H3,(H3,18,19,20). The molecule has 5 nitrogen and oxygen atoms in total. The quantitative estimate of drug-likeness (QED) is 0.745. The number of hydrogen-bond acceptors (Lipinski definition) is 4. The van der Waals surface area contributed by atoms with E-state index in [9.17, 15) is 15.3 Å². The van der Waals surface area contributed by atoms with Gasteiger partial charge in [-0.05, 0) is 41.1 Å². The first kappa shape index (κ1) is 14.1. The van der Waals surface area contributed by atoms with Gasteiger partial charge < -0.3 is 10.7 Å². The third-order valence-corrected chi connectivity index (χ3v) is 3.84. The van der Waals surface area contributed by atoms with E-state index in [2.05, 4.69) is 27.6 Å². The van der Waals surface area contributed by atoms with Crippen LogP contribution in [0, 0.1) is 33.2 Å². The van der Waals surface area contributed by atoms with Crippen LogP contribution in [0.25, 0.3) is 11.1 Å². The van der Waals surface area contributed by atoms with Gasteiger partial charge in [0.2, 0.25) is 0 Å². The lowest BCUT2D eigenvalue weighted by Crippen LogP contribution is -2.16. The predicted molar refractivity (Wildman–Crippen MR) is 83.8 cm³/mol. The van der Waals surface area contributed by atoms with Crippen LogP contribution in [-0.2, 0) is 0 Å². The number of aryl methyl sites for hydroxylation is 1. The van der Waals surface area contributed by atoms with E-state index in [4.69, 9.17) is 5.73 Å². The second-order valence-electron chi connectivity index (χ2n) is 4.15. The third-order valence-electron chi connectivity index (χ3n) is 2.94. The first-order chi connectivity index (χ1) is 9.51. The topological polar surface area (TPSA) is 106 Å². The van der Waals surface area contributed by atoms with Crippen LogP contribution in [0.1, 0.15) is 16.7 Å². The van der Waals surface area contributed by atoms with Crippen LogP contribution in [0.15, 0.2) is 23.0 Å². The average Bonchev–Trinajstić information content (AvgIpc) is 2.38. The highest BCUT2D eigenvalue weighted by Gasteiger charge is 2.20. The van der Waals surface area contributed by atoms with Gasteiger partial charge in [-0.1, -0.05) is 12.1 Å². The minimum absolute atomic E-state index is 0.0226. The van der Waals surface area contributed by atoms with Gasteiger partial charge in [-0.3, -0.25) is 4.79 Å². The summed E-state index contributed by atoms with van der Waals surface area (Å²) in [6.07, 6.45) is 0. The molecule has 0 saturated heterocycles. The molecule has 0 aliphatic rings. The number of nitriles is 2. The summed E-state index contributed by atoms with van der Waals surface area (Å²) in [7, 11) is 0. The number of H-pyrrole nitrogens is 1. The van der Waals surface area contributed by atoms with Gasteiger partial charge in [0.15, 0.2) is 0 Å². The largest absolute Gasteiger partial charge is 0.384 e. The molecule has 0 radical (unpaired) electrons. The molecule has 0 atom stereocenters.